The topological polar surface area (TPSA) is 29.1 Å². The fourth-order valence-electron chi connectivity index (χ4n) is 3.04. The lowest BCUT2D eigenvalue weighted by atomic mass is 9.92. The Hall–Kier alpha value is -1.75. The number of rotatable bonds is 4. The van der Waals surface area contributed by atoms with Gasteiger partial charge in [-0.25, -0.2) is 8.78 Å². The number of benzene rings is 2. The molecule has 0 spiro atoms. The zero-order valence-electron chi connectivity index (χ0n) is 12.6. The Morgan fingerprint density at radius 2 is 1.91 bits per heavy atom. The molecule has 1 amide bonds. The first kappa shape index (κ1) is 16.1. The van der Waals surface area contributed by atoms with Crippen LogP contribution in [0.1, 0.15) is 29.3 Å². The lowest BCUT2D eigenvalue weighted by molar-refractivity contribution is 0.0948. The number of hydrogen-bond donors (Lipinski definition) is 1. The molecule has 2 atom stereocenters. The minimum atomic E-state index is -0.589. The van der Waals surface area contributed by atoms with Crippen LogP contribution in [0.3, 0.4) is 0 Å². The number of hydrogen-bond acceptors (Lipinski definition) is 1. The first-order valence-corrected chi connectivity index (χ1v) is 8.21. The van der Waals surface area contributed by atoms with Gasteiger partial charge in [-0.1, -0.05) is 28.9 Å². The molecule has 0 aromatic heterocycles. The molecule has 0 radical (unpaired) electrons. The number of carbonyl (C=O) groups excluding carboxylic acids is 1. The Labute approximate surface area is 142 Å². The van der Waals surface area contributed by atoms with E-state index >= 15 is 0 Å². The van der Waals surface area contributed by atoms with Crippen molar-refractivity contribution in [2.75, 3.05) is 6.54 Å². The summed E-state index contributed by atoms with van der Waals surface area (Å²) in [6.07, 6.45) is 0.774. The lowest BCUT2D eigenvalue weighted by Crippen LogP contribution is -2.33. The maximum Gasteiger partial charge on any atom is 0.251 e. The summed E-state index contributed by atoms with van der Waals surface area (Å²) in [7, 11) is 0. The average molecular weight is 380 g/mol. The van der Waals surface area contributed by atoms with E-state index in [1.807, 2.05) is 6.92 Å². The third kappa shape index (κ3) is 3.15. The van der Waals surface area contributed by atoms with E-state index in [9.17, 15) is 13.6 Å². The van der Waals surface area contributed by atoms with Crippen molar-refractivity contribution in [2.24, 2.45) is 5.92 Å². The molecular formula is C18H16BrF2NO. The van der Waals surface area contributed by atoms with E-state index < -0.39 is 17.0 Å². The molecule has 1 aliphatic rings. The van der Waals surface area contributed by atoms with Gasteiger partial charge in [0.05, 0.1) is 0 Å². The summed E-state index contributed by atoms with van der Waals surface area (Å²) >= 11 is 3.32. The van der Waals surface area contributed by atoms with Crippen molar-refractivity contribution in [3.8, 4) is 0 Å². The van der Waals surface area contributed by atoms with Crippen LogP contribution in [0.4, 0.5) is 8.78 Å². The van der Waals surface area contributed by atoms with Crippen LogP contribution in [0, 0.1) is 17.6 Å². The molecule has 1 aliphatic carbocycles. The van der Waals surface area contributed by atoms with E-state index in [0.717, 1.165) is 17.0 Å². The highest BCUT2D eigenvalue weighted by atomic mass is 79.9. The predicted octanol–water partition coefficient (Wildman–Crippen LogP) is 4.43. The number of amides is 1. The van der Waals surface area contributed by atoms with Crippen molar-refractivity contribution in [3.05, 3.63) is 69.7 Å². The van der Waals surface area contributed by atoms with Crippen molar-refractivity contribution in [3.63, 3.8) is 0 Å². The van der Waals surface area contributed by atoms with Gasteiger partial charge in [0.1, 0.15) is 11.6 Å². The van der Waals surface area contributed by atoms with E-state index in [0.29, 0.717) is 17.7 Å². The normalized spacial score (nSPS) is 22.7. The quantitative estimate of drug-likeness (QED) is 0.835. The highest BCUT2D eigenvalue weighted by molar-refractivity contribution is 9.10. The molecule has 0 heterocycles. The summed E-state index contributed by atoms with van der Waals surface area (Å²) in [5.74, 6) is -1.09. The number of halogens is 3. The minimum absolute atomic E-state index is 0.196. The SMILES string of the molecule is CC1CC1(CNC(=O)c1ccc(Br)cc1)c1ccc(F)cc1F. The summed E-state index contributed by atoms with van der Waals surface area (Å²) in [5, 5.41) is 2.88. The van der Waals surface area contributed by atoms with Gasteiger partial charge in [0, 0.05) is 28.1 Å². The Bertz CT molecular complexity index is 747. The summed E-state index contributed by atoms with van der Waals surface area (Å²) in [5.41, 5.74) is 0.585. The summed E-state index contributed by atoms with van der Waals surface area (Å²) < 4.78 is 28.1. The Kier molecular flexibility index (Phi) is 4.23. The van der Waals surface area contributed by atoms with Crippen molar-refractivity contribution in [1.82, 2.24) is 5.32 Å². The average Bonchev–Trinajstić information content (AvgIpc) is 3.16. The van der Waals surface area contributed by atoms with Crippen LogP contribution in [0.15, 0.2) is 46.9 Å². The molecule has 2 nitrogen and oxygen atoms in total. The molecule has 0 saturated heterocycles. The monoisotopic (exact) mass is 379 g/mol. The molecular weight excluding hydrogens is 364 g/mol. The van der Waals surface area contributed by atoms with Crippen molar-refractivity contribution < 1.29 is 13.6 Å². The zero-order chi connectivity index (χ0) is 16.6. The molecule has 1 N–H and O–H groups in total. The molecule has 0 aliphatic heterocycles. The first-order valence-electron chi connectivity index (χ1n) is 7.42. The molecule has 5 heteroatoms. The number of nitrogens with one attached hydrogen (secondary N) is 1. The van der Waals surface area contributed by atoms with Gasteiger partial charge in [-0.2, -0.15) is 0 Å². The third-order valence-corrected chi connectivity index (χ3v) is 5.12. The van der Waals surface area contributed by atoms with Crippen LogP contribution >= 0.6 is 15.9 Å². The van der Waals surface area contributed by atoms with Crippen molar-refractivity contribution in [1.29, 1.82) is 0 Å². The van der Waals surface area contributed by atoms with Crippen molar-refractivity contribution in [2.45, 2.75) is 18.8 Å². The summed E-state index contributed by atoms with van der Waals surface area (Å²) in [6, 6.07) is 10.7. The molecule has 23 heavy (non-hydrogen) atoms. The standard InChI is InChI=1S/C18H16BrF2NO/c1-11-9-18(11,15-7-6-14(20)8-16(15)21)10-22-17(23)12-2-4-13(19)5-3-12/h2-8,11H,9-10H2,1H3,(H,22,23). The van der Waals surface area contributed by atoms with Gasteiger partial charge in [-0.3, -0.25) is 4.79 Å². The predicted molar refractivity (Wildman–Crippen MR) is 88.3 cm³/mol. The highest BCUT2D eigenvalue weighted by Crippen LogP contribution is 2.54. The first-order chi connectivity index (χ1) is 10.9. The Morgan fingerprint density at radius 3 is 2.48 bits per heavy atom. The minimum Gasteiger partial charge on any atom is -0.351 e. The molecule has 2 unspecified atom stereocenters. The molecule has 1 fully saturated rings. The van der Waals surface area contributed by atoms with E-state index in [4.69, 9.17) is 0 Å². The van der Waals surface area contributed by atoms with Gasteiger partial charge in [0.2, 0.25) is 0 Å². The van der Waals surface area contributed by atoms with Gasteiger partial charge < -0.3 is 5.32 Å². The second-order valence-electron chi connectivity index (χ2n) is 6.08. The molecule has 3 rings (SSSR count). The van der Waals surface area contributed by atoms with Crippen LogP contribution in [0.5, 0.6) is 0 Å². The van der Waals surface area contributed by atoms with Crippen LogP contribution in [0.25, 0.3) is 0 Å². The molecule has 2 aromatic rings. The maximum atomic E-state index is 14.1. The fourth-order valence-corrected chi connectivity index (χ4v) is 3.30. The van der Waals surface area contributed by atoms with E-state index in [1.165, 1.54) is 12.1 Å². The van der Waals surface area contributed by atoms with Gasteiger partial charge in [-0.15, -0.1) is 0 Å². The fraction of sp³-hybridized carbons (Fsp3) is 0.278. The lowest BCUT2D eigenvalue weighted by Gasteiger charge is -2.19. The summed E-state index contributed by atoms with van der Waals surface area (Å²) in [6.45, 7) is 2.35. The summed E-state index contributed by atoms with van der Waals surface area (Å²) in [4.78, 5) is 12.2. The van der Waals surface area contributed by atoms with E-state index in [2.05, 4.69) is 21.2 Å². The Balaban J connectivity index is 1.75. The van der Waals surface area contributed by atoms with E-state index in [1.54, 1.807) is 24.3 Å². The molecule has 0 bridgehead atoms. The van der Waals surface area contributed by atoms with E-state index in [-0.39, 0.29) is 11.8 Å². The van der Waals surface area contributed by atoms with Crippen LogP contribution in [0.2, 0.25) is 0 Å². The van der Waals surface area contributed by atoms with Crippen LogP contribution < -0.4 is 5.32 Å². The second-order valence-corrected chi connectivity index (χ2v) is 6.99. The second kappa shape index (κ2) is 6.04. The zero-order valence-corrected chi connectivity index (χ0v) is 14.2. The third-order valence-electron chi connectivity index (χ3n) is 4.59. The molecule has 2 aromatic carbocycles. The van der Waals surface area contributed by atoms with Gasteiger partial charge >= 0.3 is 0 Å². The van der Waals surface area contributed by atoms with Crippen molar-refractivity contribution >= 4 is 21.8 Å². The molecule has 1 saturated carbocycles. The molecule has 120 valence electrons. The van der Waals surface area contributed by atoms with Gasteiger partial charge in [-0.05, 0) is 48.2 Å². The highest BCUT2D eigenvalue weighted by Gasteiger charge is 2.53. The van der Waals surface area contributed by atoms with Crippen LogP contribution in [-0.2, 0) is 5.41 Å². The Morgan fingerprint density at radius 1 is 1.26 bits per heavy atom. The number of carbonyl (C=O) groups is 1. The van der Waals surface area contributed by atoms with Crippen LogP contribution in [-0.4, -0.2) is 12.5 Å². The smallest absolute Gasteiger partial charge is 0.251 e. The largest absolute Gasteiger partial charge is 0.351 e. The maximum absolute atomic E-state index is 14.1. The van der Waals surface area contributed by atoms with Gasteiger partial charge in [0.25, 0.3) is 5.91 Å². The van der Waals surface area contributed by atoms with Gasteiger partial charge in [0.15, 0.2) is 0 Å².